The van der Waals surface area contributed by atoms with Gasteiger partial charge in [0, 0.05) is 29.0 Å². The molecule has 2 nitrogen and oxygen atoms in total. The number of para-hydroxylation sites is 3. The Labute approximate surface area is 393 Å². The molecule has 2 heterocycles. The van der Waals surface area contributed by atoms with Gasteiger partial charge in [0.25, 0.3) is 0 Å². The molecule has 2 heteroatoms. The Bertz CT molecular complexity index is 3520. The number of hydrogen-bond donors (Lipinski definition) is 0. The van der Waals surface area contributed by atoms with Crippen LogP contribution in [0.25, 0.3) is 57.7 Å². The summed E-state index contributed by atoms with van der Waals surface area (Å²) >= 11 is 0. The van der Waals surface area contributed by atoms with Crippen LogP contribution in [0.3, 0.4) is 0 Å². The number of nitrogens with zero attached hydrogens (tertiary/aromatic N) is 2. The summed E-state index contributed by atoms with van der Waals surface area (Å²) in [6.45, 7) is 5.86. The third-order valence-electron chi connectivity index (χ3n) is 15.7. The van der Waals surface area contributed by atoms with E-state index < -0.39 is 5.41 Å². The van der Waals surface area contributed by atoms with E-state index in [0.717, 1.165) is 18.7 Å². The van der Waals surface area contributed by atoms with Crippen LogP contribution < -0.4 is 9.80 Å². The zero-order valence-electron chi connectivity index (χ0n) is 37.8. The number of anilines is 5. The number of fused-ring (bicyclic) bond motifs is 16. The number of hydrogen-bond acceptors (Lipinski definition) is 2. The first-order valence-electron chi connectivity index (χ1n) is 23.9. The van der Waals surface area contributed by atoms with Crippen molar-refractivity contribution in [1.29, 1.82) is 0 Å². The molecule has 0 N–H and O–H groups in total. The van der Waals surface area contributed by atoms with Crippen molar-refractivity contribution in [1.82, 2.24) is 0 Å². The van der Waals surface area contributed by atoms with Gasteiger partial charge in [-0.1, -0.05) is 184 Å². The second-order valence-electron chi connectivity index (χ2n) is 19.5. The molecule has 5 aliphatic rings. The predicted octanol–water partition coefficient (Wildman–Crippen LogP) is 16.5. The molecule has 2 aliphatic heterocycles. The molecule has 0 unspecified atom stereocenters. The average Bonchev–Trinajstić information content (AvgIpc) is 3.87. The third kappa shape index (κ3) is 5.44. The molecular weight excluding hydrogens is 809 g/mol. The quantitative estimate of drug-likeness (QED) is 0.163. The molecule has 3 aliphatic carbocycles. The lowest BCUT2D eigenvalue weighted by atomic mass is 9.70. The Morgan fingerprint density at radius 2 is 0.866 bits per heavy atom. The Hall–Kier alpha value is -7.94. The molecule has 0 saturated carbocycles. The Morgan fingerprint density at radius 1 is 0.403 bits per heavy atom. The van der Waals surface area contributed by atoms with E-state index in [9.17, 15) is 0 Å². The molecule has 0 atom stereocenters. The predicted molar refractivity (Wildman–Crippen MR) is 281 cm³/mol. The molecule has 0 bridgehead atoms. The van der Waals surface area contributed by atoms with Crippen LogP contribution in [-0.4, -0.2) is 6.54 Å². The lowest BCUT2D eigenvalue weighted by Crippen LogP contribution is -2.26. The summed E-state index contributed by atoms with van der Waals surface area (Å²) in [5.41, 5.74) is 27.9. The van der Waals surface area contributed by atoms with Gasteiger partial charge in [0.2, 0.25) is 0 Å². The van der Waals surface area contributed by atoms with Crippen LogP contribution in [0, 0.1) is 0 Å². The minimum Gasteiger partial charge on any atom is -0.341 e. The molecule has 0 fully saturated rings. The molecule has 9 aromatic rings. The van der Waals surface area contributed by atoms with Crippen molar-refractivity contribution in [3.63, 3.8) is 0 Å². The molecule has 9 aromatic carbocycles. The standard InChI is InChI=1S/C65H48N2/c1-64(2)57-38-42(27-33-51(57)52-35-31-47(40-58(52)64)66-37-13-17-44-14-3-10-22-61(44)66)25-26-43-28-34-53-54-36-32-48(67-62-23-11-4-15-45(62)29-30-46-16-5-12-24-63(46)67)41-60(54)65(59(53)39-43)55-20-8-6-18-49(55)50-19-7-9-21-56(50)65/h3-12,14-16,18-36,38-41H,13,17,37H2,1-2H3/b26-25+. The largest absolute Gasteiger partial charge is 0.341 e. The minimum atomic E-state index is -0.487. The molecule has 0 saturated heterocycles. The van der Waals surface area contributed by atoms with E-state index in [1.54, 1.807) is 0 Å². The highest BCUT2D eigenvalue weighted by Crippen LogP contribution is 2.64. The van der Waals surface area contributed by atoms with Crippen molar-refractivity contribution in [2.45, 2.75) is 37.5 Å². The number of rotatable bonds is 4. The third-order valence-corrected chi connectivity index (χ3v) is 15.7. The molecule has 0 radical (unpaired) electrons. The SMILES string of the molecule is CC1(C)c2cc(/C=C/c3ccc4c(c3)C3(c5ccccc5-c5ccccc53)c3cc(N5c6ccccc6C=Cc6ccccc65)ccc3-4)ccc2-c2ccc(N3CCCc4ccccc43)cc21. The van der Waals surface area contributed by atoms with Crippen LogP contribution in [0.15, 0.2) is 194 Å². The second kappa shape index (κ2) is 14.3. The van der Waals surface area contributed by atoms with Crippen LogP contribution in [0.5, 0.6) is 0 Å². The van der Waals surface area contributed by atoms with E-state index in [1.165, 1.54) is 124 Å². The maximum Gasteiger partial charge on any atom is 0.0726 e. The van der Waals surface area contributed by atoms with Crippen molar-refractivity contribution in [2.24, 2.45) is 0 Å². The summed E-state index contributed by atoms with van der Waals surface area (Å²) < 4.78 is 0. The van der Waals surface area contributed by atoms with E-state index in [1.807, 2.05) is 0 Å². The van der Waals surface area contributed by atoms with Crippen LogP contribution >= 0.6 is 0 Å². The Kier molecular flexibility index (Phi) is 8.17. The van der Waals surface area contributed by atoms with Gasteiger partial charge in [-0.15, -0.1) is 0 Å². The Morgan fingerprint density at radius 3 is 1.52 bits per heavy atom. The number of benzene rings is 9. The monoisotopic (exact) mass is 856 g/mol. The summed E-state index contributed by atoms with van der Waals surface area (Å²) in [6.07, 6.45) is 11.5. The highest BCUT2D eigenvalue weighted by atomic mass is 15.2. The van der Waals surface area contributed by atoms with E-state index in [4.69, 9.17) is 0 Å². The first-order valence-corrected chi connectivity index (χ1v) is 23.9. The smallest absolute Gasteiger partial charge is 0.0726 e. The maximum atomic E-state index is 2.53. The molecule has 1 spiro atoms. The topological polar surface area (TPSA) is 6.48 Å². The molecule has 67 heavy (non-hydrogen) atoms. The van der Waals surface area contributed by atoms with Crippen molar-refractivity contribution in [3.8, 4) is 33.4 Å². The van der Waals surface area contributed by atoms with Crippen LogP contribution in [0.1, 0.15) is 81.5 Å². The lowest BCUT2D eigenvalue weighted by Gasteiger charge is -2.32. The van der Waals surface area contributed by atoms with Crippen molar-refractivity contribution < 1.29 is 0 Å². The molecule has 14 rings (SSSR count). The summed E-state index contributed by atoms with van der Waals surface area (Å²) in [4.78, 5) is 4.99. The normalized spacial score (nSPS) is 15.8. The van der Waals surface area contributed by atoms with Crippen molar-refractivity contribution >= 4 is 52.7 Å². The van der Waals surface area contributed by atoms with Crippen LogP contribution in [0.4, 0.5) is 28.4 Å². The van der Waals surface area contributed by atoms with Gasteiger partial charge in [0.15, 0.2) is 0 Å². The van der Waals surface area contributed by atoms with Crippen molar-refractivity contribution in [3.05, 3.63) is 255 Å². The number of aryl methyl sites for hydroxylation is 1. The second-order valence-corrected chi connectivity index (χ2v) is 19.5. The average molecular weight is 857 g/mol. The van der Waals surface area contributed by atoms with Gasteiger partial charge < -0.3 is 9.80 Å². The molecular formula is C65H48N2. The van der Waals surface area contributed by atoms with Gasteiger partial charge in [-0.3, -0.25) is 0 Å². The first-order chi connectivity index (χ1) is 33.0. The molecule has 0 aromatic heterocycles. The van der Waals surface area contributed by atoms with Crippen molar-refractivity contribution in [2.75, 3.05) is 16.3 Å². The lowest BCUT2D eigenvalue weighted by molar-refractivity contribution is 0.659. The maximum absolute atomic E-state index is 2.53. The zero-order chi connectivity index (χ0) is 44.4. The van der Waals surface area contributed by atoms with Gasteiger partial charge in [-0.2, -0.15) is 0 Å². The van der Waals surface area contributed by atoms with Crippen LogP contribution in [0.2, 0.25) is 0 Å². The fourth-order valence-corrected chi connectivity index (χ4v) is 12.6. The van der Waals surface area contributed by atoms with Gasteiger partial charge in [-0.05, 0) is 156 Å². The van der Waals surface area contributed by atoms with E-state index in [-0.39, 0.29) is 5.41 Å². The van der Waals surface area contributed by atoms with Gasteiger partial charge in [0.05, 0.1) is 16.8 Å². The highest BCUT2D eigenvalue weighted by molar-refractivity contribution is 5.99. The molecule has 318 valence electrons. The van der Waals surface area contributed by atoms with Gasteiger partial charge in [0.1, 0.15) is 0 Å². The summed E-state index contributed by atoms with van der Waals surface area (Å²) in [6, 6.07) is 73.4. The first kappa shape index (κ1) is 38.3. The Balaban J connectivity index is 0.871. The van der Waals surface area contributed by atoms with E-state index in [0.29, 0.717) is 0 Å². The summed E-state index contributed by atoms with van der Waals surface area (Å²) in [5, 5.41) is 0. The van der Waals surface area contributed by atoms with Gasteiger partial charge >= 0.3 is 0 Å². The molecule has 0 amide bonds. The fraction of sp³-hybridized carbons (Fsp3) is 0.108. The zero-order valence-corrected chi connectivity index (χ0v) is 37.8. The van der Waals surface area contributed by atoms with E-state index in [2.05, 4.69) is 242 Å². The van der Waals surface area contributed by atoms with E-state index >= 15 is 0 Å². The summed E-state index contributed by atoms with van der Waals surface area (Å²) in [7, 11) is 0. The van der Waals surface area contributed by atoms with Crippen LogP contribution in [-0.2, 0) is 17.3 Å². The van der Waals surface area contributed by atoms with Gasteiger partial charge in [-0.25, -0.2) is 0 Å². The minimum absolute atomic E-state index is 0.123. The summed E-state index contributed by atoms with van der Waals surface area (Å²) in [5.74, 6) is 0. The fourth-order valence-electron chi connectivity index (χ4n) is 12.6. The highest BCUT2D eigenvalue weighted by Gasteiger charge is 2.52.